The Balaban J connectivity index is 1.89. The fraction of sp³-hybridized carbons (Fsp3) is 0.556. The molecule has 1 saturated heterocycles. The summed E-state index contributed by atoms with van der Waals surface area (Å²) in [6.07, 6.45) is -0.763. The number of aliphatic hydroxyl groups is 1. The number of ketones is 2. The topological polar surface area (TPSA) is 72.8 Å². The van der Waals surface area contributed by atoms with Gasteiger partial charge in [0, 0.05) is 24.8 Å². The average molecular weight is 320 g/mol. The molecule has 23 heavy (non-hydrogen) atoms. The van der Waals surface area contributed by atoms with Gasteiger partial charge < -0.3 is 14.6 Å². The van der Waals surface area contributed by atoms with Crippen molar-refractivity contribution in [1.82, 2.24) is 0 Å². The van der Waals surface area contributed by atoms with Gasteiger partial charge in [0.15, 0.2) is 6.29 Å². The van der Waals surface area contributed by atoms with E-state index >= 15 is 0 Å². The largest absolute Gasteiger partial charge is 0.393 e. The molecule has 1 heterocycles. The highest BCUT2D eigenvalue weighted by Gasteiger charge is 2.30. The third-order valence-electron chi connectivity index (χ3n) is 3.71. The first kappa shape index (κ1) is 17.8. The van der Waals surface area contributed by atoms with Crippen molar-refractivity contribution in [2.45, 2.75) is 64.1 Å². The molecule has 5 nitrogen and oxygen atoms in total. The molecule has 1 aliphatic rings. The van der Waals surface area contributed by atoms with Crippen LogP contribution < -0.4 is 0 Å². The fourth-order valence-corrected chi connectivity index (χ4v) is 2.75. The number of carbonyl (C=O) groups is 2. The van der Waals surface area contributed by atoms with Crippen molar-refractivity contribution < 1.29 is 24.2 Å². The first-order valence-corrected chi connectivity index (χ1v) is 8.01. The van der Waals surface area contributed by atoms with Crippen LogP contribution in [0.5, 0.6) is 0 Å². The van der Waals surface area contributed by atoms with Crippen molar-refractivity contribution in [3.05, 3.63) is 35.9 Å². The number of aliphatic hydroxyl groups excluding tert-OH is 1. The zero-order chi connectivity index (χ0) is 16.8. The molecule has 4 atom stereocenters. The smallest absolute Gasteiger partial charge is 0.184 e. The molecule has 1 aliphatic heterocycles. The SMILES string of the molecule is C[C@@H](O)CC(=O)CC(=O)C[C@@H]1C[C@H](C)O[C@H](c2ccccc2)O1. The van der Waals surface area contributed by atoms with Gasteiger partial charge in [-0.3, -0.25) is 9.59 Å². The third-order valence-corrected chi connectivity index (χ3v) is 3.71. The number of benzene rings is 1. The van der Waals surface area contributed by atoms with Crippen molar-refractivity contribution in [1.29, 1.82) is 0 Å². The summed E-state index contributed by atoms with van der Waals surface area (Å²) in [6, 6.07) is 9.60. The molecule has 0 unspecified atom stereocenters. The minimum atomic E-state index is -0.711. The molecule has 1 aromatic carbocycles. The fourth-order valence-electron chi connectivity index (χ4n) is 2.75. The van der Waals surface area contributed by atoms with Gasteiger partial charge in [0.05, 0.1) is 24.7 Å². The molecule has 2 rings (SSSR count). The lowest BCUT2D eigenvalue weighted by Gasteiger charge is -2.34. The monoisotopic (exact) mass is 320 g/mol. The molecule has 1 fully saturated rings. The molecule has 0 spiro atoms. The van der Waals surface area contributed by atoms with Crippen LogP contribution >= 0.6 is 0 Å². The molecule has 0 aliphatic carbocycles. The van der Waals surface area contributed by atoms with Crippen LogP contribution in [0.2, 0.25) is 0 Å². The number of Topliss-reactive ketones (excluding diaryl/α,β-unsaturated/α-hetero) is 2. The van der Waals surface area contributed by atoms with Crippen LogP contribution in [0, 0.1) is 0 Å². The second-order valence-corrected chi connectivity index (χ2v) is 6.19. The molecule has 0 bridgehead atoms. The maximum atomic E-state index is 12.0. The first-order chi connectivity index (χ1) is 10.9. The molecule has 0 aromatic heterocycles. The van der Waals surface area contributed by atoms with Gasteiger partial charge in [-0.25, -0.2) is 0 Å². The number of rotatable bonds is 7. The van der Waals surface area contributed by atoms with Gasteiger partial charge in [-0.15, -0.1) is 0 Å². The molecular weight excluding hydrogens is 296 g/mol. The number of hydrogen-bond donors (Lipinski definition) is 1. The van der Waals surface area contributed by atoms with Crippen molar-refractivity contribution in [3.63, 3.8) is 0 Å². The summed E-state index contributed by atoms with van der Waals surface area (Å²) < 4.78 is 11.7. The van der Waals surface area contributed by atoms with E-state index in [9.17, 15) is 14.7 Å². The van der Waals surface area contributed by atoms with Crippen molar-refractivity contribution in [3.8, 4) is 0 Å². The number of carbonyl (C=O) groups excluding carboxylic acids is 2. The Bertz CT molecular complexity index is 525. The Kier molecular flexibility index (Phi) is 6.45. The predicted octanol–water partition coefficient (Wildman–Crippen LogP) is 2.57. The summed E-state index contributed by atoms with van der Waals surface area (Å²) >= 11 is 0. The van der Waals surface area contributed by atoms with Crippen LogP contribution in [0.4, 0.5) is 0 Å². The second kappa shape index (κ2) is 8.34. The Morgan fingerprint density at radius 3 is 2.57 bits per heavy atom. The Morgan fingerprint density at radius 2 is 1.91 bits per heavy atom. The van der Waals surface area contributed by atoms with Crippen LogP contribution in [0.25, 0.3) is 0 Å². The standard InChI is InChI=1S/C18H24O5/c1-12(19)8-15(20)10-16(21)11-17-9-13(2)22-18(23-17)14-6-4-3-5-7-14/h3-7,12-13,17-19H,8-11H2,1-2H3/t12-,13+,17+,18+/m1/s1. The van der Waals surface area contributed by atoms with E-state index in [2.05, 4.69) is 0 Å². The lowest BCUT2D eigenvalue weighted by Crippen LogP contribution is -2.34. The van der Waals surface area contributed by atoms with Gasteiger partial charge in [-0.2, -0.15) is 0 Å². The Labute approximate surface area is 136 Å². The van der Waals surface area contributed by atoms with Crippen LogP contribution in [0.15, 0.2) is 30.3 Å². The van der Waals surface area contributed by atoms with Crippen LogP contribution in [0.3, 0.4) is 0 Å². The summed E-state index contributed by atoms with van der Waals surface area (Å²) in [5.74, 6) is -0.383. The quantitative estimate of drug-likeness (QED) is 0.782. The maximum absolute atomic E-state index is 12.0. The lowest BCUT2D eigenvalue weighted by molar-refractivity contribution is -0.243. The Hall–Kier alpha value is -1.56. The summed E-state index contributed by atoms with van der Waals surface area (Å²) in [7, 11) is 0. The minimum Gasteiger partial charge on any atom is -0.393 e. The van der Waals surface area contributed by atoms with Crippen molar-refractivity contribution in [2.24, 2.45) is 0 Å². The molecule has 5 heteroatoms. The highest BCUT2D eigenvalue weighted by molar-refractivity contribution is 5.99. The van der Waals surface area contributed by atoms with E-state index in [4.69, 9.17) is 9.47 Å². The van der Waals surface area contributed by atoms with Gasteiger partial charge >= 0.3 is 0 Å². The van der Waals surface area contributed by atoms with E-state index in [1.165, 1.54) is 6.92 Å². The van der Waals surface area contributed by atoms with E-state index in [0.717, 1.165) is 5.56 Å². The van der Waals surface area contributed by atoms with E-state index in [0.29, 0.717) is 6.42 Å². The maximum Gasteiger partial charge on any atom is 0.184 e. The van der Waals surface area contributed by atoms with Crippen molar-refractivity contribution in [2.75, 3.05) is 0 Å². The third kappa shape index (κ3) is 5.86. The van der Waals surface area contributed by atoms with E-state index in [-0.39, 0.29) is 43.0 Å². The van der Waals surface area contributed by atoms with Crippen LogP contribution in [0.1, 0.15) is 51.4 Å². The molecule has 0 radical (unpaired) electrons. The average Bonchev–Trinajstić information content (AvgIpc) is 2.46. The molecule has 0 amide bonds. The normalized spacial score (nSPS) is 25.8. The number of ether oxygens (including phenoxy) is 2. The summed E-state index contributed by atoms with van der Waals surface area (Å²) in [5, 5.41) is 9.18. The predicted molar refractivity (Wildman–Crippen MR) is 84.8 cm³/mol. The molecule has 126 valence electrons. The minimum absolute atomic E-state index is 0.0140. The second-order valence-electron chi connectivity index (χ2n) is 6.19. The van der Waals surface area contributed by atoms with Gasteiger partial charge in [0.2, 0.25) is 0 Å². The van der Waals surface area contributed by atoms with Crippen LogP contribution in [-0.2, 0) is 19.1 Å². The highest BCUT2D eigenvalue weighted by atomic mass is 16.7. The summed E-state index contributed by atoms with van der Waals surface area (Å²) in [4.78, 5) is 23.6. The van der Waals surface area contributed by atoms with Gasteiger partial charge in [-0.05, 0) is 13.8 Å². The van der Waals surface area contributed by atoms with E-state index < -0.39 is 12.4 Å². The summed E-state index contributed by atoms with van der Waals surface area (Å²) in [6.45, 7) is 3.49. The highest BCUT2D eigenvalue weighted by Crippen LogP contribution is 2.31. The molecule has 0 saturated carbocycles. The molecular formula is C18H24O5. The summed E-state index contributed by atoms with van der Waals surface area (Å²) in [5.41, 5.74) is 0.918. The van der Waals surface area contributed by atoms with Crippen LogP contribution in [-0.4, -0.2) is 35.0 Å². The lowest BCUT2D eigenvalue weighted by atomic mass is 10.0. The van der Waals surface area contributed by atoms with E-state index in [1.807, 2.05) is 37.3 Å². The van der Waals surface area contributed by atoms with Gasteiger partial charge in [0.1, 0.15) is 11.6 Å². The Morgan fingerprint density at radius 1 is 1.22 bits per heavy atom. The van der Waals surface area contributed by atoms with Crippen molar-refractivity contribution >= 4 is 11.6 Å². The molecule has 1 N–H and O–H groups in total. The first-order valence-electron chi connectivity index (χ1n) is 8.01. The molecule has 1 aromatic rings. The zero-order valence-corrected chi connectivity index (χ0v) is 13.6. The number of hydrogen-bond acceptors (Lipinski definition) is 5. The van der Waals surface area contributed by atoms with Gasteiger partial charge in [-0.1, -0.05) is 30.3 Å². The zero-order valence-electron chi connectivity index (χ0n) is 13.6. The van der Waals surface area contributed by atoms with E-state index in [1.54, 1.807) is 0 Å². The van der Waals surface area contributed by atoms with Gasteiger partial charge in [0.25, 0.3) is 0 Å².